The molecule has 0 saturated heterocycles. The zero-order chi connectivity index (χ0) is 16.6. The maximum absolute atomic E-state index is 13.0. The predicted molar refractivity (Wildman–Crippen MR) is 82.4 cm³/mol. The zero-order valence-corrected chi connectivity index (χ0v) is 12.8. The van der Waals surface area contributed by atoms with Gasteiger partial charge in [-0.05, 0) is 35.9 Å². The molecule has 0 radical (unpaired) electrons. The number of carbonyl (C=O) groups is 1. The molecule has 2 aromatic rings. The van der Waals surface area contributed by atoms with E-state index in [0.29, 0.717) is 11.3 Å². The Morgan fingerprint density at radius 2 is 1.83 bits per heavy atom. The number of carboxylic acids is 1. The average Bonchev–Trinajstić information content (AvgIpc) is 2.87. The first-order valence-corrected chi connectivity index (χ1v) is 8.42. The van der Waals surface area contributed by atoms with Gasteiger partial charge in [-0.2, -0.15) is 0 Å². The van der Waals surface area contributed by atoms with E-state index in [9.17, 15) is 17.6 Å². The third-order valence-electron chi connectivity index (χ3n) is 3.85. The summed E-state index contributed by atoms with van der Waals surface area (Å²) in [5.74, 6) is -1.90. The van der Waals surface area contributed by atoms with Crippen molar-refractivity contribution < 1.29 is 22.7 Å². The molecule has 0 saturated carbocycles. The van der Waals surface area contributed by atoms with Crippen molar-refractivity contribution in [2.75, 3.05) is 10.8 Å². The highest BCUT2D eigenvalue weighted by Crippen LogP contribution is 2.40. The first kappa shape index (κ1) is 15.5. The van der Waals surface area contributed by atoms with E-state index in [-0.39, 0.29) is 17.9 Å². The summed E-state index contributed by atoms with van der Waals surface area (Å²) in [5.41, 5.74) is 1.17. The third-order valence-corrected chi connectivity index (χ3v) is 5.65. The Morgan fingerprint density at radius 3 is 2.48 bits per heavy atom. The summed E-state index contributed by atoms with van der Waals surface area (Å²) in [6.07, 6.45) is -0.146. The normalized spacial score (nSPS) is 17.1. The van der Waals surface area contributed by atoms with Gasteiger partial charge in [0.2, 0.25) is 0 Å². The predicted octanol–water partition coefficient (Wildman–Crippen LogP) is 2.59. The number of fused-ring (bicyclic) bond motifs is 1. The van der Waals surface area contributed by atoms with Crippen LogP contribution in [0, 0.1) is 5.82 Å². The first-order chi connectivity index (χ1) is 10.9. The standard InChI is InChI=1S/C16H14FNO4S/c17-12-5-7-13(8-6-12)23(21,22)18-10-11(9-16(19)20)14-3-1-2-4-15(14)18/h1-8,11H,9-10H2,(H,19,20). The second-order valence-corrected chi connectivity index (χ2v) is 7.21. The lowest BCUT2D eigenvalue weighted by atomic mass is 9.98. The van der Waals surface area contributed by atoms with Gasteiger partial charge in [-0.3, -0.25) is 9.10 Å². The molecule has 3 rings (SSSR count). The van der Waals surface area contributed by atoms with Crippen molar-refractivity contribution in [1.82, 2.24) is 0 Å². The van der Waals surface area contributed by atoms with Crippen LogP contribution in [0.25, 0.3) is 0 Å². The van der Waals surface area contributed by atoms with Gasteiger partial charge in [0.05, 0.1) is 17.0 Å². The SMILES string of the molecule is O=C(O)CC1CN(S(=O)(=O)c2ccc(F)cc2)c2ccccc21. The summed E-state index contributed by atoms with van der Waals surface area (Å²) in [4.78, 5) is 11.0. The lowest BCUT2D eigenvalue weighted by Crippen LogP contribution is -2.30. The maximum Gasteiger partial charge on any atom is 0.304 e. The number of anilines is 1. The van der Waals surface area contributed by atoms with Gasteiger partial charge in [-0.15, -0.1) is 0 Å². The fraction of sp³-hybridized carbons (Fsp3) is 0.188. The molecule has 1 aliphatic heterocycles. The van der Waals surface area contributed by atoms with E-state index in [2.05, 4.69) is 0 Å². The minimum atomic E-state index is -3.86. The summed E-state index contributed by atoms with van der Waals surface area (Å²) in [5, 5.41) is 9.03. The molecule has 1 unspecified atom stereocenters. The average molecular weight is 335 g/mol. The van der Waals surface area contributed by atoms with Gasteiger partial charge in [-0.1, -0.05) is 18.2 Å². The van der Waals surface area contributed by atoms with Gasteiger partial charge in [-0.25, -0.2) is 12.8 Å². The van der Waals surface area contributed by atoms with Crippen molar-refractivity contribution in [3.05, 3.63) is 59.9 Å². The molecule has 1 heterocycles. The Hall–Kier alpha value is -2.41. The number of rotatable bonds is 4. The fourth-order valence-corrected chi connectivity index (χ4v) is 4.34. The molecule has 7 heteroatoms. The van der Waals surface area contributed by atoms with Crippen LogP contribution in [0.4, 0.5) is 10.1 Å². The third kappa shape index (κ3) is 2.79. The van der Waals surface area contributed by atoms with E-state index in [1.807, 2.05) is 0 Å². The fourth-order valence-electron chi connectivity index (χ4n) is 2.80. The number of nitrogens with zero attached hydrogens (tertiary/aromatic N) is 1. The highest BCUT2D eigenvalue weighted by molar-refractivity contribution is 7.92. The largest absolute Gasteiger partial charge is 0.481 e. The van der Waals surface area contributed by atoms with Crippen molar-refractivity contribution in [3.63, 3.8) is 0 Å². The Morgan fingerprint density at radius 1 is 1.17 bits per heavy atom. The number of para-hydroxylation sites is 1. The summed E-state index contributed by atoms with van der Waals surface area (Å²) >= 11 is 0. The summed E-state index contributed by atoms with van der Waals surface area (Å²) in [6.45, 7) is 0.0609. The highest BCUT2D eigenvalue weighted by Gasteiger charge is 2.37. The molecule has 2 aromatic carbocycles. The molecule has 1 atom stereocenters. The summed E-state index contributed by atoms with van der Waals surface area (Å²) < 4.78 is 39.8. The van der Waals surface area contributed by atoms with E-state index in [1.54, 1.807) is 24.3 Å². The second kappa shape index (κ2) is 5.66. The van der Waals surface area contributed by atoms with Crippen LogP contribution < -0.4 is 4.31 Å². The Bertz CT molecular complexity index is 849. The van der Waals surface area contributed by atoms with Crippen LogP contribution in [0.1, 0.15) is 17.9 Å². The molecule has 0 bridgehead atoms. The first-order valence-electron chi connectivity index (χ1n) is 6.98. The van der Waals surface area contributed by atoms with Crippen LogP contribution in [-0.2, 0) is 14.8 Å². The van der Waals surface area contributed by atoms with Crippen LogP contribution >= 0.6 is 0 Å². The Balaban J connectivity index is 2.03. The molecule has 0 fully saturated rings. The number of benzene rings is 2. The van der Waals surface area contributed by atoms with E-state index in [4.69, 9.17) is 5.11 Å². The van der Waals surface area contributed by atoms with Crippen LogP contribution in [0.5, 0.6) is 0 Å². The van der Waals surface area contributed by atoms with Crippen molar-refractivity contribution in [2.24, 2.45) is 0 Å². The number of hydrogen-bond acceptors (Lipinski definition) is 3. The Labute approximate surface area is 133 Å². The lowest BCUT2D eigenvalue weighted by Gasteiger charge is -2.20. The topological polar surface area (TPSA) is 74.7 Å². The number of aliphatic carboxylic acids is 1. The molecule has 0 aliphatic carbocycles. The molecular weight excluding hydrogens is 321 g/mol. The highest BCUT2D eigenvalue weighted by atomic mass is 32.2. The van der Waals surface area contributed by atoms with Crippen LogP contribution in [-0.4, -0.2) is 26.0 Å². The molecule has 0 aromatic heterocycles. The Kier molecular flexibility index (Phi) is 3.81. The molecular formula is C16H14FNO4S. The quantitative estimate of drug-likeness (QED) is 0.932. The van der Waals surface area contributed by atoms with Crippen LogP contribution in [0.15, 0.2) is 53.4 Å². The molecule has 120 valence electrons. The number of hydrogen-bond donors (Lipinski definition) is 1. The smallest absolute Gasteiger partial charge is 0.304 e. The minimum absolute atomic E-state index is 0.0234. The van der Waals surface area contributed by atoms with Crippen LogP contribution in [0.3, 0.4) is 0 Å². The summed E-state index contributed by atoms with van der Waals surface area (Å²) in [6, 6.07) is 11.4. The van der Waals surface area contributed by atoms with Gasteiger partial charge in [0.25, 0.3) is 10.0 Å². The molecule has 5 nitrogen and oxygen atoms in total. The number of sulfonamides is 1. The van der Waals surface area contributed by atoms with Crippen molar-refractivity contribution in [3.8, 4) is 0 Å². The summed E-state index contributed by atoms with van der Waals surface area (Å²) in [7, 11) is -3.86. The molecule has 23 heavy (non-hydrogen) atoms. The van der Waals surface area contributed by atoms with Gasteiger partial charge >= 0.3 is 5.97 Å². The van der Waals surface area contributed by atoms with Gasteiger partial charge in [0.15, 0.2) is 0 Å². The molecule has 1 aliphatic rings. The zero-order valence-electron chi connectivity index (χ0n) is 12.0. The van der Waals surface area contributed by atoms with Crippen molar-refractivity contribution in [2.45, 2.75) is 17.2 Å². The second-order valence-electron chi connectivity index (χ2n) is 5.34. The van der Waals surface area contributed by atoms with Gasteiger partial charge in [0, 0.05) is 12.5 Å². The monoisotopic (exact) mass is 335 g/mol. The lowest BCUT2D eigenvalue weighted by molar-refractivity contribution is -0.137. The maximum atomic E-state index is 13.0. The van der Waals surface area contributed by atoms with Crippen molar-refractivity contribution >= 4 is 21.7 Å². The molecule has 0 amide bonds. The van der Waals surface area contributed by atoms with E-state index in [1.165, 1.54) is 16.4 Å². The van der Waals surface area contributed by atoms with E-state index in [0.717, 1.165) is 12.1 Å². The number of carboxylic acid groups (broad SMARTS) is 1. The van der Waals surface area contributed by atoms with Crippen LogP contribution in [0.2, 0.25) is 0 Å². The molecule has 1 N–H and O–H groups in total. The van der Waals surface area contributed by atoms with Gasteiger partial charge < -0.3 is 5.11 Å². The van der Waals surface area contributed by atoms with E-state index < -0.39 is 27.7 Å². The van der Waals surface area contributed by atoms with E-state index >= 15 is 0 Å². The molecule has 0 spiro atoms. The van der Waals surface area contributed by atoms with Gasteiger partial charge in [0.1, 0.15) is 5.82 Å². The minimum Gasteiger partial charge on any atom is -0.481 e. The van der Waals surface area contributed by atoms with Crippen molar-refractivity contribution in [1.29, 1.82) is 0 Å². The number of halogens is 1.